The zero-order valence-electron chi connectivity index (χ0n) is 21.4. The van der Waals surface area contributed by atoms with Crippen molar-refractivity contribution in [3.05, 3.63) is 105 Å². The lowest BCUT2D eigenvalue weighted by Crippen LogP contribution is -2.54. The van der Waals surface area contributed by atoms with Gasteiger partial charge in [0.1, 0.15) is 12.2 Å². The largest absolute Gasteiger partial charge is 0.490 e. The van der Waals surface area contributed by atoms with E-state index in [4.69, 9.17) is 32.7 Å². The first kappa shape index (κ1) is 28.0. The molecule has 1 aliphatic heterocycles. The smallest absolute Gasteiger partial charge is 0.335 e. The number of hydrogen-bond acceptors (Lipinski definition) is 5. The summed E-state index contributed by atoms with van der Waals surface area (Å²) in [5.74, 6) is -0.597. The maximum atomic E-state index is 13.4. The zero-order chi connectivity index (χ0) is 28.1. The molecule has 0 aromatic heterocycles. The van der Waals surface area contributed by atoms with Crippen LogP contribution in [-0.4, -0.2) is 24.5 Å². The fourth-order valence-electron chi connectivity index (χ4n) is 4.15. The van der Waals surface area contributed by atoms with E-state index >= 15 is 0 Å². The summed E-state index contributed by atoms with van der Waals surface area (Å²) in [5.41, 5.74) is 2.90. The number of rotatable bonds is 9. The van der Waals surface area contributed by atoms with Crippen molar-refractivity contribution in [1.29, 1.82) is 0 Å². The molecule has 0 spiro atoms. The number of nitrogens with one attached hydrogen (secondary N) is 1. The van der Waals surface area contributed by atoms with Crippen LogP contribution in [0, 0.1) is 6.92 Å². The molecule has 0 bridgehead atoms. The summed E-state index contributed by atoms with van der Waals surface area (Å²) in [7, 11) is 0. The van der Waals surface area contributed by atoms with Gasteiger partial charge in [-0.1, -0.05) is 53.5 Å². The fraction of sp³-hybridized carbons (Fsp3) is 0.167. The van der Waals surface area contributed by atoms with E-state index in [2.05, 4.69) is 11.9 Å². The Morgan fingerprint density at radius 2 is 1.77 bits per heavy atom. The lowest BCUT2D eigenvalue weighted by atomic mass is 10.0. The molecule has 1 aliphatic rings. The number of amides is 4. The number of benzene rings is 3. The Morgan fingerprint density at radius 3 is 2.46 bits per heavy atom. The normalized spacial score (nSPS) is 14.4. The molecule has 0 saturated carbocycles. The second-order valence-electron chi connectivity index (χ2n) is 8.70. The molecule has 39 heavy (non-hydrogen) atoms. The van der Waals surface area contributed by atoms with E-state index < -0.39 is 17.8 Å². The minimum absolute atomic E-state index is 0.162. The Balaban J connectivity index is 1.73. The summed E-state index contributed by atoms with van der Waals surface area (Å²) in [6.07, 6.45) is 3.57. The molecule has 0 unspecified atom stereocenters. The number of halogens is 2. The van der Waals surface area contributed by atoms with Crippen molar-refractivity contribution in [2.24, 2.45) is 0 Å². The third kappa shape index (κ3) is 6.16. The van der Waals surface area contributed by atoms with Crippen molar-refractivity contribution >= 4 is 52.8 Å². The molecular formula is C30H26Cl2N2O5. The van der Waals surface area contributed by atoms with Gasteiger partial charge in [-0.2, -0.15) is 0 Å². The standard InChI is InChI=1S/C30H26Cl2N2O5/c1-4-8-20-13-19(15-26(38-5-2)27(20)39-17-21-11-12-22(31)16-24(21)32)14-23-28(35)33-30(37)34(29(23)36)25-10-7-6-9-18(25)3/h4,6-7,9-16H,1,5,8,17H2,2-3H3,(H,33,35,37)/b23-14+. The van der Waals surface area contributed by atoms with Crippen molar-refractivity contribution in [3.63, 3.8) is 0 Å². The van der Waals surface area contributed by atoms with Crippen LogP contribution in [0.5, 0.6) is 11.5 Å². The average molecular weight is 565 g/mol. The van der Waals surface area contributed by atoms with Gasteiger partial charge in [0.05, 0.1) is 12.3 Å². The summed E-state index contributed by atoms with van der Waals surface area (Å²) in [4.78, 5) is 39.7. The molecule has 1 heterocycles. The zero-order valence-corrected chi connectivity index (χ0v) is 22.9. The van der Waals surface area contributed by atoms with Crippen LogP contribution in [0.4, 0.5) is 10.5 Å². The summed E-state index contributed by atoms with van der Waals surface area (Å²) in [6, 6.07) is 14.8. The molecule has 200 valence electrons. The van der Waals surface area contributed by atoms with Crippen LogP contribution in [0.25, 0.3) is 6.08 Å². The molecule has 4 amide bonds. The van der Waals surface area contributed by atoms with Crippen molar-refractivity contribution in [3.8, 4) is 11.5 Å². The van der Waals surface area contributed by atoms with Gasteiger partial charge in [0.2, 0.25) is 0 Å². The minimum Gasteiger partial charge on any atom is -0.490 e. The second-order valence-corrected chi connectivity index (χ2v) is 9.55. The van der Waals surface area contributed by atoms with Gasteiger partial charge in [-0.3, -0.25) is 14.9 Å². The van der Waals surface area contributed by atoms with Crippen LogP contribution in [0.1, 0.15) is 29.2 Å². The number of nitrogens with zero attached hydrogens (tertiary/aromatic N) is 1. The van der Waals surface area contributed by atoms with Crippen molar-refractivity contribution in [2.75, 3.05) is 11.5 Å². The SMILES string of the molecule is C=CCc1cc(/C=C2\C(=O)NC(=O)N(c3ccccc3C)C2=O)cc(OCC)c1OCc1ccc(Cl)cc1Cl. The first-order chi connectivity index (χ1) is 18.7. The Kier molecular flexibility index (Phi) is 8.74. The molecule has 0 atom stereocenters. The maximum Gasteiger partial charge on any atom is 0.335 e. The Hall–Kier alpha value is -4.07. The predicted octanol–water partition coefficient (Wildman–Crippen LogP) is 6.67. The van der Waals surface area contributed by atoms with Crippen LogP contribution < -0.4 is 19.7 Å². The third-order valence-electron chi connectivity index (χ3n) is 5.97. The van der Waals surface area contributed by atoms with Crippen molar-refractivity contribution in [1.82, 2.24) is 5.32 Å². The van der Waals surface area contributed by atoms with Gasteiger partial charge in [-0.25, -0.2) is 9.69 Å². The lowest BCUT2D eigenvalue weighted by Gasteiger charge is -2.27. The van der Waals surface area contributed by atoms with Crippen LogP contribution in [-0.2, 0) is 22.6 Å². The minimum atomic E-state index is -0.802. The average Bonchev–Trinajstić information content (AvgIpc) is 2.88. The van der Waals surface area contributed by atoms with Gasteiger partial charge in [0, 0.05) is 21.2 Å². The second kappa shape index (κ2) is 12.2. The molecule has 0 aliphatic carbocycles. The van der Waals surface area contributed by atoms with E-state index in [1.165, 1.54) is 6.08 Å². The van der Waals surface area contributed by atoms with E-state index in [1.54, 1.807) is 67.6 Å². The van der Waals surface area contributed by atoms with Crippen LogP contribution in [0.2, 0.25) is 10.0 Å². The number of imide groups is 2. The number of allylic oxidation sites excluding steroid dienone is 1. The quantitative estimate of drug-likeness (QED) is 0.178. The molecular weight excluding hydrogens is 539 g/mol. The topological polar surface area (TPSA) is 84.9 Å². The Labute approximate surface area is 236 Å². The number of para-hydroxylation sites is 1. The molecule has 9 heteroatoms. The number of carbonyl (C=O) groups is 3. The molecule has 1 saturated heterocycles. The summed E-state index contributed by atoms with van der Waals surface area (Å²) in [5, 5.41) is 3.25. The number of ether oxygens (including phenoxy) is 2. The highest BCUT2D eigenvalue weighted by Gasteiger charge is 2.37. The first-order valence-electron chi connectivity index (χ1n) is 12.2. The van der Waals surface area contributed by atoms with Gasteiger partial charge in [-0.15, -0.1) is 6.58 Å². The number of hydrogen-bond donors (Lipinski definition) is 1. The molecule has 1 fully saturated rings. The number of urea groups is 1. The molecule has 0 radical (unpaired) electrons. The van der Waals surface area contributed by atoms with E-state index in [9.17, 15) is 14.4 Å². The van der Waals surface area contributed by atoms with Gasteiger partial charge in [0.25, 0.3) is 11.8 Å². The summed E-state index contributed by atoms with van der Waals surface area (Å²) < 4.78 is 12.0. The monoisotopic (exact) mass is 564 g/mol. The van der Waals surface area contributed by atoms with Gasteiger partial charge in [0.15, 0.2) is 11.5 Å². The third-order valence-corrected chi connectivity index (χ3v) is 6.56. The number of aryl methyl sites for hydroxylation is 1. The van der Waals surface area contributed by atoms with Crippen molar-refractivity contribution < 1.29 is 23.9 Å². The van der Waals surface area contributed by atoms with E-state index in [0.717, 1.165) is 16.0 Å². The molecule has 1 N–H and O–H groups in total. The Bertz CT molecular complexity index is 1500. The van der Waals surface area contributed by atoms with Crippen LogP contribution in [0.15, 0.2) is 72.8 Å². The molecule has 4 rings (SSSR count). The van der Waals surface area contributed by atoms with E-state index in [0.29, 0.717) is 51.4 Å². The lowest BCUT2D eigenvalue weighted by molar-refractivity contribution is -0.122. The molecule has 7 nitrogen and oxygen atoms in total. The highest BCUT2D eigenvalue weighted by Crippen LogP contribution is 2.36. The van der Waals surface area contributed by atoms with Gasteiger partial charge < -0.3 is 9.47 Å². The van der Waals surface area contributed by atoms with Gasteiger partial charge in [-0.05, 0) is 67.8 Å². The van der Waals surface area contributed by atoms with Gasteiger partial charge >= 0.3 is 6.03 Å². The van der Waals surface area contributed by atoms with Crippen molar-refractivity contribution in [2.45, 2.75) is 26.9 Å². The highest BCUT2D eigenvalue weighted by atomic mass is 35.5. The predicted molar refractivity (Wildman–Crippen MR) is 152 cm³/mol. The highest BCUT2D eigenvalue weighted by molar-refractivity contribution is 6.39. The summed E-state index contributed by atoms with van der Waals surface area (Å²) >= 11 is 12.3. The fourth-order valence-corrected chi connectivity index (χ4v) is 4.61. The number of carbonyl (C=O) groups excluding carboxylic acids is 3. The number of anilines is 1. The van der Waals surface area contributed by atoms with E-state index in [-0.39, 0.29) is 12.2 Å². The van der Waals surface area contributed by atoms with Crippen LogP contribution >= 0.6 is 23.2 Å². The first-order valence-corrected chi connectivity index (χ1v) is 12.9. The molecule has 3 aromatic rings. The number of barbiturate groups is 1. The molecule has 3 aromatic carbocycles. The summed E-state index contributed by atoms with van der Waals surface area (Å²) in [6.45, 7) is 7.96. The van der Waals surface area contributed by atoms with E-state index in [1.807, 2.05) is 6.92 Å². The van der Waals surface area contributed by atoms with Crippen LogP contribution in [0.3, 0.4) is 0 Å². The Morgan fingerprint density at radius 1 is 1.00 bits per heavy atom. The maximum absolute atomic E-state index is 13.4.